The normalized spacial score (nSPS) is 17.0. The van der Waals surface area contributed by atoms with Crippen LogP contribution >= 0.6 is 11.3 Å². The number of amides is 2. The molecule has 160 valence electrons. The lowest BCUT2D eigenvalue weighted by molar-refractivity contribution is -0.120. The van der Waals surface area contributed by atoms with Gasteiger partial charge in [0, 0.05) is 12.2 Å². The number of furan rings is 1. The van der Waals surface area contributed by atoms with Crippen molar-refractivity contribution >= 4 is 28.8 Å². The van der Waals surface area contributed by atoms with Gasteiger partial charge in [0.15, 0.2) is 0 Å². The zero-order valence-electron chi connectivity index (χ0n) is 17.3. The Kier molecular flexibility index (Phi) is 4.50. The molecular weight excluding hydrogens is 422 g/mol. The second kappa shape index (κ2) is 7.53. The Morgan fingerprint density at radius 2 is 1.84 bits per heavy atom. The average molecular weight is 444 g/mol. The van der Waals surface area contributed by atoms with Gasteiger partial charge < -0.3 is 13.9 Å². The number of nitrogens with zero attached hydrogens (tertiary/aromatic N) is 3. The summed E-state index contributed by atoms with van der Waals surface area (Å²) in [5, 5.41) is 1.89. The van der Waals surface area contributed by atoms with E-state index >= 15 is 0 Å². The summed E-state index contributed by atoms with van der Waals surface area (Å²) in [7, 11) is 0. The highest BCUT2D eigenvalue weighted by Gasteiger charge is 2.41. The SMILES string of the molecule is O=C(c1cccs1)N(CC(=O)N1c2ccccc2-n2cccc2C1c1ccco1)C1CC1. The van der Waals surface area contributed by atoms with Crippen molar-refractivity contribution < 1.29 is 14.0 Å². The monoisotopic (exact) mass is 443 g/mol. The van der Waals surface area contributed by atoms with Gasteiger partial charge in [-0.2, -0.15) is 0 Å². The van der Waals surface area contributed by atoms with Gasteiger partial charge in [0.1, 0.15) is 18.3 Å². The van der Waals surface area contributed by atoms with Crippen molar-refractivity contribution in [2.75, 3.05) is 11.4 Å². The van der Waals surface area contributed by atoms with Crippen LogP contribution < -0.4 is 4.90 Å². The molecule has 0 radical (unpaired) electrons. The van der Waals surface area contributed by atoms with Crippen LogP contribution in [0.15, 0.2) is 82.9 Å². The van der Waals surface area contributed by atoms with Crippen LogP contribution in [-0.2, 0) is 4.79 Å². The molecule has 1 aromatic carbocycles. The van der Waals surface area contributed by atoms with E-state index in [-0.39, 0.29) is 24.4 Å². The summed E-state index contributed by atoms with van der Waals surface area (Å²) in [4.78, 5) is 31.3. The van der Waals surface area contributed by atoms with Crippen molar-refractivity contribution in [1.82, 2.24) is 9.47 Å². The summed E-state index contributed by atoms with van der Waals surface area (Å²) in [6.07, 6.45) is 5.50. The van der Waals surface area contributed by atoms with Crippen LogP contribution in [0.4, 0.5) is 5.69 Å². The van der Waals surface area contributed by atoms with Crippen molar-refractivity contribution in [1.29, 1.82) is 0 Å². The largest absolute Gasteiger partial charge is 0.467 e. The Balaban J connectivity index is 1.41. The predicted molar refractivity (Wildman–Crippen MR) is 122 cm³/mol. The summed E-state index contributed by atoms with van der Waals surface area (Å²) >= 11 is 1.41. The van der Waals surface area contributed by atoms with Crippen molar-refractivity contribution in [2.24, 2.45) is 0 Å². The molecular formula is C25H21N3O3S. The number of aromatic nitrogens is 1. The van der Waals surface area contributed by atoms with Crippen LogP contribution in [0.25, 0.3) is 5.69 Å². The lowest BCUT2D eigenvalue weighted by Gasteiger charge is -2.38. The first-order valence-corrected chi connectivity index (χ1v) is 11.6. The Hall–Kier alpha value is -3.58. The van der Waals surface area contributed by atoms with E-state index in [1.807, 2.05) is 72.2 Å². The molecule has 0 spiro atoms. The summed E-state index contributed by atoms with van der Waals surface area (Å²) in [6.45, 7) is 0.0354. The molecule has 2 amide bonds. The summed E-state index contributed by atoms with van der Waals surface area (Å²) in [6, 6.07) is 19.0. The molecule has 4 heterocycles. The third-order valence-corrected chi connectivity index (χ3v) is 6.94. The number of rotatable bonds is 5. The second-order valence-electron chi connectivity index (χ2n) is 8.11. The molecule has 4 aromatic rings. The first-order valence-electron chi connectivity index (χ1n) is 10.7. The van der Waals surface area contributed by atoms with E-state index in [0.29, 0.717) is 10.6 Å². The molecule has 0 bridgehead atoms. The van der Waals surface area contributed by atoms with Gasteiger partial charge in [0.05, 0.1) is 28.2 Å². The molecule has 1 aliphatic heterocycles. The highest BCUT2D eigenvalue weighted by molar-refractivity contribution is 7.12. The standard InChI is InChI=1S/C25H21N3O3S/c29-23(16-27(17-11-12-17)25(30)22-10-5-15-32-22)28-19-7-2-1-6-18(19)26-13-3-8-20(26)24(28)21-9-4-14-31-21/h1-10,13-15,17,24H,11-12,16H2. The fraction of sp³-hybridized carbons (Fsp3) is 0.200. The van der Waals surface area contributed by atoms with Crippen LogP contribution in [0.3, 0.4) is 0 Å². The van der Waals surface area contributed by atoms with Crippen LogP contribution in [0, 0.1) is 0 Å². The third-order valence-electron chi connectivity index (χ3n) is 6.09. The molecule has 2 aliphatic rings. The van der Waals surface area contributed by atoms with Gasteiger partial charge in [-0.05, 0) is 60.7 Å². The third kappa shape index (κ3) is 3.08. The van der Waals surface area contributed by atoms with Crippen molar-refractivity contribution in [2.45, 2.75) is 24.9 Å². The van der Waals surface area contributed by atoms with Gasteiger partial charge in [0.25, 0.3) is 5.91 Å². The smallest absolute Gasteiger partial charge is 0.264 e. The topological polar surface area (TPSA) is 58.7 Å². The second-order valence-corrected chi connectivity index (χ2v) is 9.06. The molecule has 6 rings (SSSR count). The quantitative estimate of drug-likeness (QED) is 0.442. The molecule has 1 unspecified atom stereocenters. The zero-order valence-corrected chi connectivity index (χ0v) is 18.1. The number of hydrogen-bond acceptors (Lipinski definition) is 4. The van der Waals surface area contributed by atoms with Crippen molar-refractivity contribution in [3.8, 4) is 5.69 Å². The molecule has 32 heavy (non-hydrogen) atoms. The Labute approximate surface area is 189 Å². The first kappa shape index (κ1) is 19.1. The number of benzene rings is 1. The van der Waals surface area contributed by atoms with E-state index in [4.69, 9.17) is 4.42 Å². The lowest BCUT2D eigenvalue weighted by atomic mass is 10.0. The number of para-hydroxylation sites is 2. The summed E-state index contributed by atoms with van der Waals surface area (Å²) in [5.41, 5.74) is 2.70. The Bertz CT molecular complexity index is 1270. The minimum Gasteiger partial charge on any atom is -0.467 e. The predicted octanol–water partition coefficient (Wildman–Crippen LogP) is 4.87. The van der Waals surface area contributed by atoms with Gasteiger partial charge >= 0.3 is 0 Å². The molecule has 3 aromatic heterocycles. The van der Waals surface area contributed by atoms with E-state index in [2.05, 4.69) is 4.57 Å². The molecule has 1 atom stereocenters. The fourth-order valence-electron chi connectivity index (χ4n) is 4.49. The van der Waals surface area contributed by atoms with E-state index in [1.165, 1.54) is 11.3 Å². The van der Waals surface area contributed by atoms with Crippen molar-refractivity contribution in [3.63, 3.8) is 0 Å². The maximum atomic E-state index is 13.9. The molecule has 0 N–H and O–H groups in total. The number of carbonyl (C=O) groups is 2. The molecule has 7 heteroatoms. The number of thiophene rings is 1. The molecule has 1 fully saturated rings. The summed E-state index contributed by atoms with van der Waals surface area (Å²) in [5.74, 6) is 0.498. The molecule has 6 nitrogen and oxygen atoms in total. The summed E-state index contributed by atoms with van der Waals surface area (Å²) < 4.78 is 7.88. The number of carbonyl (C=O) groups excluding carboxylic acids is 2. The van der Waals surface area contributed by atoms with E-state index < -0.39 is 6.04 Å². The minimum atomic E-state index is -0.403. The Morgan fingerprint density at radius 3 is 2.56 bits per heavy atom. The zero-order chi connectivity index (χ0) is 21.7. The van der Waals surface area contributed by atoms with Crippen LogP contribution in [0.2, 0.25) is 0 Å². The van der Waals surface area contributed by atoms with Gasteiger partial charge in [-0.1, -0.05) is 18.2 Å². The minimum absolute atomic E-state index is 0.0354. The maximum Gasteiger partial charge on any atom is 0.264 e. The Morgan fingerprint density at radius 1 is 1.00 bits per heavy atom. The van der Waals surface area contributed by atoms with Crippen LogP contribution in [-0.4, -0.2) is 33.9 Å². The van der Waals surface area contributed by atoms with Gasteiger partial charge in [-0.3, -0.25) is 14.5 Å². The van der Waals surface area contributed by atoms with Crippen molar-refractivity contribution in [3.05, 3.63) is 94.8 Å². The lowest BCUT2D eigenvalue weighted by Crippen LogP contribution is -2.47. The average Bonchev–Trinajstić information content (AvgIpc) is 3.26. The van der Waals surface area contributed by atoms with E-state index in [9.17, 15) is 9.59 Å². The van der Waals surface area contributed by atoms with E-state index in [1.54, 1.807) is 16.1 Å². The van der Waals surface area contributed by atoms with Gasteiger partial charge in [-0.15, -0.1) is 11.3 Å². The fourth-order valence-corrected chi connectivity index (χ4v) is 5.17. The number of hydrogen-bond donors (Lipinski definition) is 0. The van der Waals surface area contributed by atoms with Crippen LogP contribution in [0.5, 0.6) is 0 Å². The molecule has 1 saturated carbocycles. The highest BCUT2D eigenvalue weighted by atomic mass is 32.1. The highest BCUT2D eigenvalue weighted by Crippen LogP contribution is 2.42. The van der Waals surface area contributed by atoms with Gasteiger partial charge in [0.2, 0.25) is 5.91 Å². The number of fused-ring (bicyclic) bond motifs is 3. The van der Waals surface area contributed by atoms with Gasteiger partial charge in [-0.25, -0.2) is 0 Å². The molecule has 1 aliphatic carbocycles. The molecule has 0 saturated heterocycles. The van der Waals surface area contributed by atoms with Crippen LogP contribution in [0.1, 0.15) is 40.0 Å². The first-order chi connectivity index (χ1) is 15.7. The number of anilines is 1. The maximum absolute atomic E-state index is 13.9. The van der Waals surface area contributed by atoms with E-state index in [0.717, 1.165) is 29.9 Å².